The number of carbonyl (C=O) groups is 5. The fraction of sp³-hybridized carbons (Fsp3) is 0.593. The number of benzene rings is 1. The number of fused-ring (bicyclic) bond motifs is 1. The molecule has 0 saturated carbocycles. The lowest BCUT2D eigenvalue weighted by atomic mass is 10.0. The van der Waals surface area contributed by atoms with Crippen LogP contribution in [-0.2, 0) is 38.1 Å². The van der Waals surface area contributed by atoms with Gasteiger partial charge in [0.1, 0.15) is 30.6 Å². The van der Waals surface area contributed by atoms with Gasteiger partial charge in [0.2, 0.25) is 11.8 Å². The van der Waals surface area contributed by atoms with E-state index in [1.54, 1.807) is 32.9 Å². The number of nitrogens with zero attached hydrogens (tertiary/aromatic N) is 1. The molecule has 1 aromatic rings. The molecule has 0 spiro atoms. The van der Waals surface area contributed by atoms with Gasteiger partial charge in [0, 0.05) is 6.42 Å². The number of rotatable bonds is 16. The van der Waals surface area contributed by atoms with Crippen molar-refractivity contribution in [1.29, 1.82) is 0 Å². The first-order chi connectivity index (χ1) is 19.1. The first-order valence-corrected chi connectivity index (χ1v) is 13.1. The van der Waals surface area contributed by atoms with Crippen molar-refractivity contribution in [2.24, 2.45) is 0 Å². The van der Waals surface area contributed by atoms with Crippen molar-refractivity contribution in [3.63, 3.8) is 0 Å². The first-order valence-electron chi connectivity index (χ1n) is 13.1. The summed E-state index contributed by atoms with van der Waals surface area (Å²) < 4.78 is 32.3. The van der Waals surface area contributed by atoms with E-state index in [1.807, 2.05) is 0 Å². The van der Waals surface area contributed by atoms with E-state index in [1.165, 1.54) is 6.07 Å². The van der Waals surface area contributed by atoms with E-state index < -0.39 is 41.2 Å². The van der Waals surface area contributed by atoms with Crippen molar-refractivity contribution in [3.05, 3.63) is 29.3 Å². The monoisotopic (exact) mass is 564 g/mol. The summed E-state index contributed by atoms with van der Waals surface area (Å²) in [4.78, 5) is 62.0. The van der Waals surface area contributed by atoms with Gasteiger partial charge in [0.25, 0.3) is 11.8 Å². The Kier molecular flexibility index (Phi) is 11.6. The van der Waals surface area contributed by atoms with Crippen LogP contribution in [0.25, 0.3) is 0 Å². The summed E-state index contributed by atoms with van der Waals surface area (Å²) in [5.74, 6) is -2.52. The van der Waals surface area contributed by atoms with Crippen LogP contribution in [0.5, 0.6) is 5.75 Å². The predicted octanol–water partition coefficient (Wildman–Crippen LogP) is 0.875. The van der Waals surface area contributed by atoms with Crippen LogP contribution in [0.2, 0.25) is 0 Å². The summed E-state index contributed by atoms with van der Waals surface area (Å²) in [6.45, 7) is 7.56. The summed E-state index contributed by atoms with van der Waals surface area (Å²) >= 11 is 0. The fourth-order valence-corrected chi connectivity index (χ4v) is 4.00. The third-order valence-electron chi connectivity index (χ3n) is 5.67. The second kappa shape index (κ2) is 14.8. The molecule has 2 aliphatic rings. The number of hydrogen-bond donors (Lipinski definition) is 1. The number of piperidine rings is 1. The second-order valence-corrected chi connectivity index (χ2v) is 9.95. The average molecular weight is 565 g/mol. The van der Waals surface area contributed by atoms with Crippen LogP contribution < -0.4 is 10.1 Å². The molecule has 0 aromatic heterocycles. The molecule has 1 fully saturated rings. The Bertz CT molecular complexity index is 1080. The second-order valence-electron chi connectivity index (χ2n) is 9.95. The highest BCUT2D eigenvalue weighted by molar-refractivity contribution is 6.24. The lowest BCUT2D eigenvalue weighted by molar-refractivity contribution is -0.160. The Labute approximate surface area is 232 Å². The summed E-state index contributed by atoms with van der Waals surface area (Å²) in [5.41, 5.74) is -0.299. The number of esters is 1. The van der Waals surface area contributed by atoms with Crippen molar-refractivity contribution in [2.45, 2.75) is 45.3 Å². The molecule has 0 radical (unpaired) electrons. The van der Waals surface area contributed by atoms with Crippen LogP contribution in [-0.4, -0.2) is 106 Å². The lowest BCUT2D eigenvalue weighted by Crippen LogP contribution is -2.54. The molecular weight excluding hydrogens is 528 g/mol. The molecule has 13 heteroatoms. The number of amides is 4. The van der Waals surface area contributed by atoms with Crippen molar-refractivity contribution in [3.8, 4) is 5.75 Å². The molecular formula is C27H36N2O11. The molecule has 1 unspecified atom stereocenters. The van der Waals surface area contributed by atoms with E-state index in [0.717, 1.165) is 4.90 Å². The molecule has 4 amide bonds. The number of nitrogens with one attached hydrogen (secondary N) is 1. The van der Waals surface area contributed by atoms with Gasteiger partial charge in [-0.2, -0.15) is 0 Å². The predicted molar refractivity (Wildman–Crippen MR) is 138 cm³/mol. The van der Waals surface area contributed by atoms with Gasteiger partial charge in [0.05, 0.1) is 57.4 Å². The quantitative estimate of drug-likeness (QED) is 0.173. The lowest BCUT2D eigenvalue weighted by Gasteiger charge is -2.27. The van der Waals surface area contributed by atoms with E-state index in [0.29, 0.717) is 33.0 Å². The minimum absolute atomic E-state index is 0.0492. The van der Waals surface area contributed by atoms with Crippen molar-refractivity contribution < 1.29 is 52.4 Å². The SMILES string of the molecule is CC(C)(C)OC(=O)COCCOCCOCCOCCOc1cccc2c1C(=O)N(C1CCC(=O)NC1=O)C2=O. The average Bonchev–Trinajstić information content (AvgIpc) is 3.13. The van der Waals surface area contributed by atoms with Gasteiger partial charge in [-0.05, 0) is 39.3 Å². The third-order valence-corrected chi connectivity index (χ3v) is 5.67. The van der Waals surface area contributed by atoms with E-state index in [2.05, 4.69) is 5.32 Å². The number of carbonyl (C=O) groups excluding carboxylic acids is 5. The van der Waals surface area contributed by atoms with Gasteiger partial charge in [-0.15, -0.1) is 0 Å². The molecule has 40 heavy (non-hydrogen) atoms. The molecule has 2 heterocycles. The molecule has 0 aliphatic carbocycles. The maximum atomic E-state index is 13.0. The molecule has 0 bridgehead atoms. The zero-order chi connectivity index (χ0) is 29.1. The van der Waals surface area contributed by atoms with E-state index in [4.69, 9.17) is 28.4 Å². The summed E-state index contributed by atoms with van der Waals surface area (Å²) in [6.07, 6.45) is 0.131. The maximum absolute atomic E-state index is 13.0. The largest absolute Gasteiger partial charge is 0.490 e. The zero-order valence-corrected chi connectivity index (χ0v) is 23.0. The van der Waals surface area contributed by atoms with E-state index >= 15 is 0 Å². The van der Waals surface area contributed by atoms with Crippen LogP contribution in [0.1, 0.15) is 54.3 Å². The van der Waals surface area contributed by atoms with Gasteiger partial charge in [-0.1, -0.05) is 6.07 Å². The molecule has 13 nitrogen and oxygen atoms in total. The Morgan fingerprint density at radius 3 is 2.08 bits per heavy atom. The van der Waals surface area contributed by atoms with Gasteiger partial charge in [-0.25, -0.2) is 4.79 Å². The van der Waals surface area contributed by atoms with Gasteiger partial charge >= 0.3 is 5.97 Å². The molecule has 1 aromatic carbocycles. The standard InChI is InChI=1S/C27H36N2O11/c1-27(2,3)40-22(31)17-38-14-13-36-10-9-35-11-12-37-15-16-39-20-6-4-5-18-23(20)26(34)29(25(18)33)19-7-8-21(30)28-24(19)32/h4-6,19H,7-17H2,1-3H3,(H,28,30,32). The van der Waals surface area contributed by atoms with Crippen molar-refractivity contribution >= 4 is 29.6 Å². The number of ether oxygens (including phenoxy) is 6. The molecule has 2 aliphatic heterocycles. The highest BCUT2D eigenvalue weighted by atomic mass is 16.6. The fourth-order valence-electron chi connectivity index (χ4n) is 4.00. The Hall–Kier alpha value is -3.39. The number of hydrogen-bond acceptors (Lipinski definition) is 11. The topological polar surface area (TPSA) is 156 Å². The zero-order valence-electron chi connectivity index (χ0n) is 23.0. The Morgan fingerprint density at radius 1 is 0.875 bits per heavy atom. The van der Waals surface area contributed by atoms with Crippen LogP contribution in [0, 0.1) is 0 Å². The number of imide groups is 2. The van der Waals surface area contributed by atoms with Crippen LogP contribution in [0.15, 0.2) is 18.2 Å². The normalized spacial score (nSPS) is 17.2. The minimum Gasteiger partial charge on any atom is -0.490 e. The van der Waals surface area contributed by atoms with Gasteiger partial charge in [0.15, 0.2) is 0 Å². The Morgan fingerprint density at radius 2 is 1.48 bits per heavy atom. The van der Waals surface area contributed by atoms with Crippen LogP contribution in [0.3, 0.4) is 0 Å². The highest BCUT2D eigenvalue weighted by Crippen LogP contribution is 2.33. The van der Waals surface area contributed by atoms with Crippen LogP contribution in [0.4, 0.5) is 0 Å². The molecule has 3 rings (SSSR count). The summed E-state index contributed by atoms with van der Waals surface area (Å²) in [5, 5.41) is 2.17. The minimum atomic E-state index is -1.04. The Balaban J connectivity index is 1.25. The molecule has 1 atom stereocenters. The molecule has 1 N–H and O–H groups in total. The van der Waals surface area contributed by atoms with Crippen molar-refractivity contribution in [1.82, 2.24) is 10.2 Å². The first kappa shape index (κ1) is 31.1. The molecule has 220 valence electrons. The summed E-state index contributed by atoms with van der Waals surface area (Å²) in [7, 11) is 0. The summed E-state index contributed by atoms with van der Waals surface area (Å²) in [6, 6.07) is 3.63. The van der Waals surface area contributed by atoms with E-state index in [9.17, 15) is 24.0 Å². The van der Waals surface area contributed by atoms with Crippen molar-refractivity contribution in [2.75, 3.05) is 59.5 Å². The third kappa shape index (κ3) is 9.08. The van der Waals surface area contributed by atoms with E-state index in [-0.39, 0.29) is 56.1 Å². The smallest absolute Gasteiger partial charge is 0.332 e. The van der Waals surface area contributed by atoms with Gasteiger partial charge < -0.3 is 28.4 Å². The highest BCUT2D eigenvalue weighted by Gasteiger charge is 2.46. The maximum Gasteiger partial charge on any atom is 0.332 e. The molecule has 1 saturated heterocycles. The van der Waals surface area contributed by atoms with Crippen LogP contribution >= 0.6 is 0 Å². The van der Waals surface area contributed by atoms with Gasteiger partial charge in [-0.3, -0.25) is 29.4 Å².